The summed E-state index contributed by atoms with van der Waals surface area (Å²) in [6.07, 6.45) is 4.37. The van der Waals surface area contributed by atoms with E-state index >= 15 is 0 Å². The number of aromatic nitrogens is 2. The van der Waals surface area contributed by atoms with Crippen LogP contribution in [0.4, 0.5) is 0 Å². The van der Waals surface area contributed by atoms with E-state index in [1.165, 1.54) is 0 Å². The van der Waals surface area contributed by atoms with Crippen molar-refractivity contribution in [3.05, 3.63) is 47.5 Å². The summed E-state index contributed by atoms with van der Waals surface area (Å²) >= 11 is 6.14. The molecule has 3 nitrogen and oxygen atoms in total. The monoisotopic (exact) mass is 235 g/mol. The van der Waals surface area contributed by atoms with Crippen LogP contribution in [-0.4, -0.2) is 15.6 Å². The number of hydrogen-bond donors (Lipinski definition) is 1. The maximum absolute atomic E-state index is 6.14. The van der Waals surface area contributed by atoms with E-state index < -0.39 is 0 Å². The molecule has 1 aromatic heterocycles. The molecule has 4 heteroatoms. The van der Waals surface area contributed by atoms with Gasteiger partial charge in [-0.05, 0) is 19.1 Å². The predicted molar refractivity (Wildman–Crippen MR) is 65.9 cm³/mol. The number of para-hydroxylation sites is 1. The molecule has 1 unspecified atom stereocenters. The predicted octanol–water partition coefficient (Wildman–Crippen LogP) is 2.42. The van der Waals surface area contributed by atoms with E-state index in [2.05, 4.69) is 4.98 Å². The lowest BCUT2D eigenvalue weighted by molar-refractivity contribution is 0.709. The van der Waals surface area contributed by atoms with E-state index in [-0.39, 0.29) is 6.04 Å². The third-order valence-electron chi connectivity index (χ3n) is 2.36. The molecule has 0 aliphatic rings. The molecule has 0 bridgehead atoms. The Morgan fingerprint density at radius 3 is 2.88 bits per heavy atom. The zero-order valence-corrected chi connectivity index (χ0v) is 9.85. The Morgan fingerprint density at radius 2 is 2.19 bits per heavy atom. The molecule has 1 heterocycles. The molecule has 1 atom stereocenters. The number of imidazole rings is 1. The van der Waals surface area contributed by atoms with Crippen LogP contribution < -0.4 is 5.73 Å². The van der Waals surface area contributed by atoms with Crippen molar-refractivity contribution >= 4 is 11.6 Å². The van der Waals surface area contributed by atoms with Crippen molar-refractivity contribution in [2.24, 2.45) is 5.73 Å². The standard InChI is InChI=1S/C12H14ClN3/c1-9(14)6-10-7-15-8-16(10)12-5-3-2-4-11(12)13/h2-5,7-9H,6,14H2,1H3. The van der Waals surface area contributed by atoms with Crippen molar-refractivity contribution in [2.75, 3.05) is 0 Å². The average Bonchev–Trinajstić information content (AvgIpc) is 2.66. The first-order valence-electron chi connectivity index (χ1n) is 5.20. The minimum Gasteiger partial charge on any atom is -0.328 e. The molecule has 0 aliphatic heterocycles. The SMILES string of the molecule is CC(N)Cc1cncn1-c1ccccc1Cl. The molecule has 0 spiro atoms. The summed E-state index contributed by atoms with van der Waals surface area (Å²) in [5.41, 5.74) is 7.81. The van der Waals surface area contributed by atoms with E-state index in [0.29, 0.717) is 5.02 Å². The van der Waals surface area contributed by atoms with E-state index in [1.807, 2.05) is 42.0 Å². The summed E-state index contributed by atoms with van der Waals surface area (Å²) in [5.74, 6) is 0. The van der Waals surface area contributed by atoms with Gasteiger partial charge in [-0.3, -0.25) is 0 Å². The zero-order valence-electron chi connectivity index (χ0n) is 9.10. The fraction of sp³-hybridized carbons (Fsp3) is 0.250. The summed E-state index contributed by atoms with van der Waals surface area (Å²) < 4.78 is 1.98. The topological polar surface area (TPSA) is 43.8 Å². The van der Waals surface area contributed by atoms with E-state index in [0.717, 1.165) is 17.8 Å². The van der Waals surface area contributed by atoms with Gasteiger partial charge in [-0.1, -0.05) is 23.7 Å². The lowest BCUT2D eigenvalue weighted by atomic mass is 10.2. The second kappa shape index (κ2) is 4.68. The first-order valence-corrected chi connectivity index (χ1v) is 5.58. The van der Waals surface area contributed by atoms with Crippen molar-refractivity contribution in [3.63, 3.8) is 0 Å². The van der Waals surface area contributed by atoms with Crippen LogP contribution in [0, 0.1) is 0 Å². The summed E-state index contributed by atoms with van der Waals surface area (Å²) in [4.78, 5) is 4.14. The van der Waals surface area contributed by atoms with Crippen molar-refractivity contribution < 1.29 is 0 Å². The van der Waals surface area contributed by atoms with Gasteiger partial charge in [-0.25, -0.2) is 4.98 Å². The molecule has 2 rings (SSSR count). The van der Waals surface area contributed by atoms with Crippen LogP contribution in [0.3, 0.4) is 0 Å². The first-order chi connectivity index (χ1) is 7.68. The second-order valence-electron chi connectivity index (χ2n) is 3.89. The molecule has 1 aromatic carbocycles. The van der Waals surface area contributed by atoms with Gasteiger partial charge in [0.2, 0.25) is 0 Å². The molecular formula is C12H14ClN3. The van der Waals surface area contributed by atoms with Crippen LogP contribution in [0.15, 0.2) is 36.8 Å². The molecule has 0 saturated heterocycles. The Hall–Kier alpha value is -1.32. The fourth-order valence-electron chi connectivity index (χ4n) is 1.67. The third-order valence-corrected chi connectivity index (χ3v) is 2.68. The molecule has 0 amide bonds. The molecule has 16 heavy (non-hydrogen) atoms. The molecular weight excluding hydrogens is 222 g/mol. The number of nitrogens with zero attached hydrogens (tertiary/aromatic N) is 2. The molecule has 2 N–H and O–H groups in total. The lowest BCUT2D eigenvalue weighted by Crippen LogP contribution is -2.19. The average molecular weight is 236 g/mol. The maximum Gasteiger partial charge on any atom is 0.0994 e. The van der Waals surface area contributed by atoms with Crippen LogP contribution in [-0.2, 0) is 6.42 Å². The van der Waals surface area contributed by atoms with E-state index in [1.54, 1.807) is 6.33 Å². The highest BCUT2D eigenvalue weighted by Crippen LogP contribution is 2.21. The highest BCUT2D eigenvalue weighted by molar-refractivity contribution is 6.32. The zero-order chi connectivity index (χ0) is 11.5. The largest absolute Gasteiger partial charge is 0.328 e. The number of hydrogen-bond acceptors (Lipinski definition) is 2. The summed E-state index contributed by atoms with van der Waals surface area (Å²) in [5, 5.41) is 0.714. The smallest absolute Gasteiger partial charge is 0.0994 e. The minimum absolute atomic E-state index is 0.109. The van der Waals surface area contributed by atoms with Gasteiger partial charge in [0.15, 0.2) is 0 Å². The third kappa shape index (κ3) is 2.26. The highest BCUT2D eigenvalue weighted by Gasteiger charge is 2.08. The number of nitrogens with two attached hydrogens (primary N) is 1. The van der Waals surface area contributed by atoms with Crippen LogP contribution >= 0.6 is 11.6 Å². The van der Waals surface area contributed by atoms with Crippen LogP contribution in [0.25, 0.3) is 5.69 Å². The van der Waals surface area contributed by atoms with Crippen LogP contribution in [0.1, 0.15) is 12.6 Å². The molecule has 2 aromatic rings. The van der Waals surface area contributed by atoms with Gasteiger partial charge in [0.1, 0.15) is 0 Å². The van der Waals surface area contributed by atoms with Gasteiger partial charge >= 0.3 is 0 Å². The number of rotatable bonds is 3. The number of halogens is 1. The van der Waals surface area contributed by atoms with E-state index in [9.17, 15) is 0 Å². The Morgan fingerprint density at radius 1 is 1.44 bits per heavy atom. The van der Waals surface area contributed by atoms with E-state index in [4.69, 9.17) is 17.3 Å². The van der Waals surface area contributed by atoms with Gasteiger partial charge in [0.05, 0.1) is 17.0 Å². The maximum atomic E-state index is 6.14. The summed E-state index contributed by atoms with van der Waals surface area (Å²) in [7, 11) is 0. The number of benzene rings is 1. The summed E-state index contributed by atoms with van der Waals surface area (Å²) in [6.45, 7) is 1.98. The quantitative estimate of drug-likeness (QED) is 0.888. The normalized spacial score (nSPS) is 12.7. The Kier molecular flexibility index (Phi) is 3.27. The molecule has 0 saturated carbocycles. The van der Waals surface area contributed by atoms with Gasteiger partial charge in [0, 0.05) is 24.4 Å². The van der Waals surface area contributed by atoms with Crippen LogP contribution in [0.2, 0.25) is 5.02 Å². The molecule has 0 aliphatic carbocycles. The van der Waals surface area contributed by atoms with Gasteiger partial charge in [-0.15, -0.1) is 0 Å². The molecule has 0 radical (unpaired) electrons. The van der Waals surface area contributed by atoms with Crippen LogP contribution in [0.5, 0.6) is 0 Å². The minimum atomic E-state index is 0.109. The fourth-order valence-corrected chi connectivity index (χ4v) is 1.89. The molecule has 84 valence electrons. The van der Waals surface area contributed by atoms with Crippen molar-refractivity contribution in [1.82, 2.24) is 9.55 Å². The van der Waals surface area contributed by atoms with Crippen molar-refractivity contribution in [2.45, 2.75) is 19.4 Å². The Labute approximate surface area is 99.9 Å². The highest BCUT2D eigenvalue weighted by atomic mass is 35.5. The van der Waals surface area contributed by atoms with Gasteiger partial charge < -0.3 is 10.3 Å². The first kappa shape index (κ1) is 11.2. The molecule has 0 fully saturated rings. The Balaban J connectivity index is 2.41. The lowest BCUT2D eigenvalue weighted by Gasteiger charge is -2.11. The van der Waals surface area contributed by atoms with Crippen molar-refractivity contribution in [1.29, 1.82) is 0 Å². The van der Waals surface area contributed by atoms with Crippen molar-refractivity contribution in [3.8, 4) is 5.69 Å². The Bertz CT molecular complexity index is 477. The second-order valence-corrected chi connectivity index (χ2v) is 4.30. The summed E-state index contributed by atoms with van der Waals surface area (Å²) in [6, 6.07) is 7.81. The van der Waals surface area contributed by atoms with Gasteiger partial charge in [-0.2, -0.15) is 0 Å². The van der Waals surface area contributed by atoms with Gasteiger partial charge in [0.25, 0.3) is 0 Å².